The zero-order valence-electron chi connectivity index (χ0n) is 18.7. The van der Waals surface area contributed by atoms with Crippen LogP contribution in [0.1, 0.15) is 46.0 Å². The molecule has 0 bridgehead atoms. The van der Waals surface area contributed by atoms with Gasteiger partial charge >= 0.3 is 0 Å². The van der Waals surface area contributed by atoms with Gasteiger partial charge in [0.25, 0.3) is 11.8 Å². The van der Waals surface area contributed by atoms with Gasteiger partial charge in [-0.1, -0.05) is 49.4 Å². The van der Waals surface area contributed by atoms with E-state index in [1.807, 2.05) is 36.4 Å². The van der Waals surface area contributed by atoms with Gasteiger partial charge in [0.15, 0.2) is 0 Å². The second-order valence-corrected chi connectivity index (χ2v) is 8.50. The molecule has 2 N–H and O–H groups in total. The highest BCUT2D eigenvalue weighted by molar-refractivity contribution is 6.06. The first-order chi connectivity index (χ1) is 16.0. The molecule has 0 atom stereocenters. The molecule has 0 unspecified atom stereocenters. The van der Waals surface area contributed by atoms with E-state index in [1.165, 1.54) is 18.2 Å². The van der Waals surface area contributed by atoms with Crippen molar-refractivity contribution in [3.8, 4) is 0 Å². The van der Waals surface area contributed by atoms with Crippen LogP contribution in [-0.4, -0.2) is 24.9 Å². The lowest BCUT2D eigenvalue weighted by Gasteiger charge is -2.33. The molecule has 33 heavy (non-hydrogen) atoms. The van der Waals surface area contributed by atoms with Crippen molar-refractivity contribution in [2.24, 2.45) is 5.92 Å². The van der Waals surface area contributed by atoms with Crippen LogP contribution in [0.4, 0.5) is 15.8 Å². The zero-order valence-corrected chi connectivity index (χ0v) is 18.7. The molecule has 2 amide bonds. The SMILES string of the molecule is CC1CCN(c2ccc(NC(=O)c3ccccc3F)cc2C(=O)NCc2ccccc2)CC1. The van der Waals surface area contributed by atoms with Gasteiger partial charge in [-0.15, -0.1) is 0 Å². The number of halogens is 1. The standard InChI is InChI=1S/C27H28FN3O2/c1-19-13-15-31(16-14-19)25-12-11-21(30-27(33)22-9-5-6-10-24(22)28)17-23(25)26(32)29-18-20-7-3-2-4-8-20/h2-12,17,19H,13-16,18H2,1H3,(H,29,32)(H,30,33). The Morgan fingerprint density at radius 2 is 1.61 bits per heavy atom. The summed E-state index contributed by atoms with van der Waals surface area (Å²) in [4.78, 5) is 28.0. The Labute approximate surface area is 193 Å². The maximum atomic E-state index is 14.0. The fourth-order valence-corrected chi connectivity index (χ4v) is 4.04. The van der Waals surface area contributed by atoms with Crippen LogP contribution in [0.25, 0.3) is 0 Å². The normalized spacial score (nSPS) is 14.1. The van der Waals surface area contributed by atoms with Crippen LogP contribution < -0.4 is 15.5 Å². The monoisotopic (exact) mass is 445 g/mol. The summed E-state index contributed by atoms with van der Waals surface area (Å²) in [6, 6.07) is 20.8. The molecule has 1 aliphatic heterocycles. The first-order valence-electron chi connectivity index (χ1n) is 11.3. The average Bonchev–Trinajstić information content (AvgIpc) is 2.84. The summed E-state index contributed by atoms with van der Waals surface area (Å²) in [5, 5.41) is 5.71. The summed E-state index contributed by atoms with van der Waals surface area (Å²) in [5.41, 5.74) is 2.75. The minimum atomic E-state index is -0.588. The molecule has 5 nitrogen and oxygen atoms in total. The van der Waals surface area contributed by atoms with Gasteiger partial charge in [-0.05, 0) is 54.7 Å². The number of hydrogen-bond donors (Lipinski definition) is 2. The smallest absolute Gasteiger partial charge is 0.258 e. The molecule has 1 fully saturated rings. The van der Waals surface area contributed by atoms with Crippen molar-refractivity contribution >= 4 is 23.2 Å². The number of piperidine rings is 1. The van der Waals surface area contributed by atoms with Crippen LogP contribution >= 0.6 is 0 Å². The Morgan fingerprint density at radius 1 is 0.909 bits per heavy atom. The lowest BCUT2D eigenvalue weighted by Crippen LogP contribution is -2.35. The van der Waals surface area contributed by atoms with Gasteiger partial charge in [-0.25, -0.2) is 4.39 Å². The topological polar surface area (TPSA) is 61.4 Å². The van der Waals surface area contributed by atoms with E-state index in [9.17, 15) is 14.0 Å². The number of amides is 2. The molecule has 1 heterocycles. The number of benzene rings is 3. The number of carbonyl (C=O) groups excluding carboxylic acids is 2. The van der Waals surface area contributed by atoms with Crippen LogP contribution in [0.15, 0.2) is 72.8 Å². The van der Waals surface area contributed by atoms with Crippen molar-refractivity contribution < 1.29 is 14.0 Å². The predicted molar refractivity (Wildman–Crippen MR) is 129 cm³/mol. The largest absolute Gasteiger partial charge is 0.371 e. The molecule has 6 heteroatoms. The maximum absolute atomic E-state index is 14.0. The third-order valence-corrected chi connectivity index (χ3v) is 6.04. The molecule has 3 aromatic carbocycles. The predicted octanol–water partition coefficient (Wildman–Crippen LogP) is 5.24. The van der Waals surface area contributed by atoms with Crippen LogP contribution in [0.5, 0.6) is 0 Å². The van der Waals surface area contributed by atoms with Crippen molar-refractivity contribution in [3.63, 3.8) is 0 Å². The van der Waals surface area contributed by atoms with Gasteiger partial charge in [0.2, 0.25) is 0 Å². The van der Waals surface area contributed by atoms with Gasteiger partial charge in [0.1, 0.15) is 5.82 Å². The van der Waals surface area contributed by atoms with E-state index in [-0.39, 0.29) is 11.5 Å². The summed E-state index contributed by atoms with van der Waals surface area (Å²) >= 11 is 0. The molecule has 0 saturated carbocycles. The van der Waals surface area contributed by atoms with Gasteiger partial charge < -0.3 is 15.5 Å². The van der Waals surface area contributed by atoms with Crippen LogP contribution in [0.2, 0.25) is 0 Å². The van der Waals surface area contributed by atoms with Crippen molar-refractivity contribution in [3.05, 3.63) is 95.3 Å². The van der Waals surface area contributed by atoms with Gasteiger partial charge in [0.05, 0.1) is 11.1 Å². The first kappa shape index (κ1) is 22.5. The molecule has 0 aromatic heterocycles. The summed E-state index contributed by atoms with van der Waals surface area (Å²) in [5.74, 6) is -0.691. The molecular weight excluding hydrogens is 417 g/mol. The van der Waals surface area contributed by atoms with E-state index in [1.54, 1.807) is 18.2 Å². The summed E-state index contributed by atoms with van der Waals surface area (Å²) in [6.45, 7) is 4.40. The van der Waals surface area contributed by atoms with Gasteiger partial charge in [-0.2, -0.15) is 0 Å². The molecule has 0 aliphatic carbocycles. The van der Waals surface area contributed by atoms with E-state index in [0.29, 0.717) is 23.7 Å². The minimum absolute atomic E-state index is 0.0401. The van der Waals surface area contributed by atoms with Crippen molar-refractivity contribution in [2.75, 3.05) is 23.3 Å². The van der Waals surface area contributed by atoms with Gasteiger partial charge in [-0.3, -0.25) is 9.59 Å². The van der Waals surface area contributed by atoms with E-state index in [0.717, 1.165) is 37.2 Å². The lowest BCUT2D eigenvalue weighted by atomic mass is 9.97. The van der Waals surface area contributed by atoms with Crippen molar-refractivity contribution in [2.45, 2.75) is 26.3 Å². The number of carbonyl (C=O) groups is 2. The second-order valence-electron chi connectivity index (χ2n) is 8.50. The number of hydrogen-bond acceptors (Lipinski definition) is 3. The Hall–Kier alpha value is -3.67. The van der Waals surface area contributed by atoms with Crippen LogP contribution in [-0.2, 0) is 6.54 Å². The first-order valence-corrected chi connectivity index (χ1v) is 11.3. The highest BCUT2D eigenvalue weighted by Crippen LogP contribution is 2.29. The van der Waals surface area contributed by atoms with E-state index in [2.05, 4.69) is 22.5 Å². The molecule has 1 saturated heterocycles. The number of nitrogens with one attached hydrogen (secondary N) is 2. The van der Waals surface area contributed by atoms with Crippen LogP contribution in [0, 0.1) is 11.7 Å². The molecule has 3 aromatic rings. The molecule has 0 spiro atoms. The van der Waals surface area contributed by atoms with Crippen molar-refractivity contribution in [1.82, 2.24) is 5.32 Å². The minimum Gasteiger partial charge on any atom is -0.371 e. The molecule has 1 aliphatic rings. The lowest BCUT2D eigenvalue weighted by molar-refractivity contribution is 0.0949. The Kier molecular flexibility index (Phi) is 7.03. The van der Waals surface area contributed by atoms with E-state index >= 15 is 0 Å². The van der Waals surface area contributed by atoms with E-state index in [4.69, 9.17) is 0 Å². The Bertz CT molecular complexity index is 1130. The second kappa shape index (κ2) is 10.3. The fraction of sp³-hybridized carbons (Fsp3) is 0.259. The fourth-order valence-electron chi connectivity index (χ4n) is 4.04. The third-order valence-electron chi connectivity index (χ3n) is 6.04. The Balaban J connectivity index is 1.58. The maximum Gasteiger partial charge on any atom is 0.258 e. The number of nitrogens with zero attached hydrogens (tertiary/aromatic N) is 1. The number of rotatable bonds is 6. The molecular formula is C27H28FN3O2. The molecule has 4 rings (SSSR count). The highest BCUT2D eigenvalue weighted by Gasteiger charge is 2.22. The zero-order chi connectivity index (χ0) is 23.2. The Morgan fingerprint density at radius 3 is 2.33 bits per heavy atom. The number of anilines is 2. The summed E-state index contributed by atoms with van der Waals surface area (Å²) in [7, 11) is 0. The van der Waals surface area contributed by atoms with Gasteiger partial charge in [0, 0.05) is 31.0 Å². The summed E-state index contributed by atoms with van der Waals surface area (Å²) in [6.07, 6.45) is 2.13. The average molecular weight is 446 g/mol. The molecule has 0 radical (unpaired) electrons. The third kappa shape index (κ3) is 5.58. The van der Waals surface area contributed by atoms with Crippen LogP contribution in [0.3, 0.4) is 0 Å². The quantitative estimate of drug-likeness (QED) is 0.545. The summed E-state index contributed by atoms with van der Waals surface area (Å²) < 4.78 is 14.0. The van der Waals surface area contributed by atoms with Crippen molar-refractivity contribution in [1.29, 1.82) is 0 Å². The molecule has 170 valence electrons. The van der Waals surface area contributed by atoms with E-state index < -0.39 is 11.7 Å². The highest BCUT2D eigenvalue weighted by atomic mass is 19.1.